The van der Waals surface area contributed by atoms with Crippen LogP contribution in [0.25, 0.3) is 0 Å². The molecule has 5 nitrogen and oxygen atoms in total. The van der Waals surface area contributed by atoms with Crippen LogP contribution in [0.4, 0.5) is 0 Å². The molecule has 1 saturated carbocycles. The molecule has 6 heteroatoms. The molecule has 0 aliphatic heterocycles. The van der Waals surface area contributed by atoms with Gasteiger partial charge in [-0.15, -0.1) is 0 Å². The topological polar surface area (TPSA) is 71.1 Å². The van der Waals surface area contributed by atoms with E-state index < -0.39 is 10.0 Å². The van der Waals surface area contributed by atoms with Gasteiger partial charge >= 0.3 is 0 Å². The minimum absolute atomic E-state index is 0.0894. The van der Waals surface area contributed by atoms with Gasteiger partial charge in [-0.05, 0) is 36.9 Å². The number of pyridine rings is 1. The zero-order valence-corrected chi connectivity index (χ0v) is 11.5. The van der Waals surface area contributed by atoms with Crippen LogP contribution in [0.1, 0.15) is 25.3 Å². The van der Waals surface area contributed by atoms with Crippen molar-refractivity contribution in [3.05, 3.63) is 23.9 Å². The van der Waals surface area contributed by atoms with Gasteiger partial charge in [0.15, 0.2) is 5.03 Å². The monoisotopic (exact) mass is 269 g/mol. The molecule has 18 heavy (non-hydrogen) atoms. The molecule has 0 radical (unpaired) electrons. The largest absolute Gasteiger partial charge is 0.316 e. The third-order valence-electron chi connectivity index (χ3n) is 3.25. The number of rotatable bonds is 6. The second-order valence-electron chi connectivity index (χ2n) is 5.17. The first-order valence-corrected chi connectivity index (χ1v) is 7.53. The first-order chi connectivity index (χ1) is 8.45. The molecule has 1 aliphatic carbocycles. The van der Waals surface area contributed by atoms with Crippen LogP contribution >= 0.6 is 0 Å². The molecule has 1 fully saturated rings. The summed E-state index contributed by atoms with van der Waals surface area (Å²) in [5, 5.41) is 3.08. The van der Waals surface area contributed by atoms with Crippen LogP contribution < -0.4 is 10.0 Å². The van der Waals surface area contributed by atoms with E-state index in [0.29, 0.717) is 13.1 Å². The highest BCUT2D eigenvalue weighted by atomic mass is 32.2. The summed E-state index contributed by atoms with van der Waals surface area (Å²) in [5.41, 5.74) is 1.12. The van der Waals surface area contributed by atoms with Crippen LogP contribution in [0.5, 0.6) is 0 Å². The number of sulfonamides is 1. The maximum Gasteiger partial charge on any atom is 0.258 e. The summed E-state index contributed by atoms with van der Waals surface area (Å²) in [6.45, 7) is 3.26. The van der Waals surface area contributed by atoms with Gasteiger partial charge < -0.3 is 5.32 Å². The maximum absolute atomic E-state index is 12.0. The lowest BCUT2D eigenvalue weighted by Gasteiger charge is -2.10. The predicted octanol–water partition coefficient (Wildman–Crippen LogP) is 0.879. The highest BCUT2D eigenvalue weighted by molar-refractivity contribution is 7.89. The number of nitrogens with zero attached hydrogens (tertiary/aromatic N) is 1. The third-order valence-corrected chi connectivity index (χ3v) is 4.56. The standard InChI is InChI=1S/C12H19N3O2S/c1-12(5-6-12)9-15-18(16,17)11-4-3-10(7-13-2)8-14-11/h3-4,8,13,15H,5-7,9H2,1-2H3. The van der Waals surface area contributed by atoms with Gasteiger partial charge in [0, 0.05) is 19.3 Å². The average Bonchev–Trinajstić information content (AvgIpc) is 3.07. The molecular weight excluding hydrogens is 250 g/mol. The van der Waals surface area contributed by atoms with Gasteiger partial charge in [0.05, 0.1) is 0 Å². The van der Waals surface area contributed by atoms with Crippen molar-refractivity contribution >= 4 is 10.0 Å². The van der Waals surface area contributed by atoms with E-state index in [-0.39, 0.29) is 10.4 Å². The van der Waals surface area contributed by atoms with Crippen LogP contribution in [0.3, 0.4) is 0 Å². The molecule has 2 rings (SSSR count). The second kappa shape index (κ2) is 4.95. The zero-order valence-electron chi connectivity index (χ0n) is 10.7. The molecule has 1 aromatic heterocycles. The van der Waals surface area contributed by atoms with Crippen molar-refractivity contribution in [1.82, 2.24) is 15.0 Å². The molecule has 0 bridgehead atoms. The Labute approximate surface area is 108 Å². The fourth-order valence-corrected chi connectivity index (χ4v) is 2.74. The molecule has 0 amide bonds. The van der Waals surface area contributed by atoms with Crippen molar-refractivity contribution in [2.45, 2.75) is 31.3 Å². The van der Waals surface area contributed by atoms with Crippen molar-refractivity contribution in [2.75, 3.05) is 13.6 Å². The first kappa shape index (κ1) is 13.5. The summed E-state index contributed by atoms with van der Waals surface area (Å²) in [6.07, 6.45) is 3.76. The Hall–Kier alpha value is -0.980. The van der Waals surface area contributed by atoms with Crippen molar-refractivity contribution in [3.63, 3.8) is 0 Å². The number of hydrogen-bond acceptors (Lipinski definition) is 4. The van der Waals surface area contributed by atoms with Crippen LogP contribution in [0.2, 0.25) is 0 Å². The SMILES string of the molecule is CNCc1ccc(S(=O)(=O)NCC2(C)CC2)nc1. The molecule has 2 N–H and O–H groups in total. The summed E-state index contributed by atoms with van der Waals surface area (Å²) < 4.78 is 26.6. The van der Waals surface area contributed by atoms with E-state index in [4.69, 9.17) is 0 Å². The summed E-state index contributed by atoms with van der Waals surface area (Å²) in [6, 6.07) is 3.32. The molecule has 1 aromatic rings. The van der Waals surface area contributed by atoms with Gasteiger partial charge in [-0.1, -0.05) is 13.0 Å². The minimum Gasteiger partial charge on any atom is -0.316 e. The van der Waals surface area contributed by atoms with E-state index in [2.05, 4.69) is 21.9 Å². The molecule has 0 atom stereocenters. The fourth-order valence-electron chi connectivity index (χ4n) is 1.61. The molecule has 1 heterocycles. The quantitative estimate of drug-likeness (QED) is 0.804. The molecule has 0 aromatic carbocycles. The zero-order chi connectivity index (χ0) is 13.2. The van der Waals surface area contributed by atoms with Gasteiger partial charge in [0.2, 0.25) is 0 Å². The Balaban J connectivity index is 2.04. The average molecular weight is 269 g/mol. The number of hydrogen-bond donors (Lipinski definition) is 2. The van der Waals surface area contributed by atoms with Crippen LogP contribution in [-0.2, 0) is 16.6 Å². The maximum atomic E-state index is 12.0. The summed E-state index contributed by atoms with van der Waals surface area (Å²) in [7, 11) is -1.63. The van der Waals surface area contributed by atoms with Crippen molar-refractivity contribution < 1.29 is 8.42 Å². The highest BCUT2D eigenvalue weighted by Gasteiger charge is 2.38. The highest BCUT2D eigenvalue weighted by Crippen LogP contribution is 2.44. The fraction of sp³-hybridized carbons (Fsp3) is 0.583. The second-order valence-corrected chi connectivity index (χ2v) is 6.88. The van der Waals surface area contributed by atoms with Crippen molar-refractivity contribution in [1.29, 1.82) is 0 Å². The van der Waals surface area contributed by atoms with Crippen LogP contribution in [0, 0.1) is 5.41 Å². The van der Waals surface area contributed by atoms with E-state index >= 15 is 0 Å². The molecular formula is C12H19N3O2S. The number of nitrogens with one attached hydrogen (secondary N) is 2. The van der Waals surface area contributed by atoms with E-state index in [0.717, 1.165) is 18.4 Å². The number of aromatic nitrogens is 1. The summed E-state index contributed by atoms with van der Waals surface area (Å²) in [4.78, 5) is 4.00. The van der Waals surface area contributed by atoms with Gasteiger partial charge in [0.1, 0.15) is 0 Å². The van der Waals surface area contributed by atoms with Gasteiger partial charge in [0.25, 0.3) is 10.0 Å². The third kappa shape index (κ3) is 3.28. The molecule has 1 aliphatic rings. The Bertz CT molecular complexity index is 507. The summed E-state index contributed by atoms with van der Waals surface area (Å²) >= 11 is 0. The minimum atomic E-state index is -3.47. The van der Waals surface area contributed by atoms with Gasteiger partial charge in [-0.3, -0.25) is 0 Å². The van der Waals surface area contributed by atoms with Crippen LogP contribution in [0.15, 0.2) is 23.4 Å². The lowest BCUT2D eigenvalue weighted by molar-refractivity contribution is 0.528. The molecule has 100 valence electrons. The Kier molecular flexibility index (Phi) is 3.70. The van der Waals surface area contributed by atoms with Gasteiger partial charge in [-0.2, -0.15) is 0 Å². The smallest absolute Gasteiger partial charge is 0.258 e. The Morgan fingerprint density at radius 1 is 1.39 bits per heavy atom. The lowest BCUT2D eigenvalue weighted by atomic mass is 10.2. The van der Waals surface area contributed by atoms with E-state index in [1.165, 1.54) is 0 Å². The van der Waals surface area contributed by atoms with E-state index in [9.17, 15) is 8.42 Å². The Morgan fingerprint density at radius 3 is 2.61 bits per heavy atom. The van der Waals surface area contributed by atoms with E-state index in [1.54, 1.807) is 18.3 Å². The van der Waals surface area contributed by atoms with E-state index in [1.807, 2.05) is 7.05 Å². The van der Waals surface area contributed by atoms with Gasteiger partial charge in [-0.25, -0.2) is 18.1 Å². The van der Waals surface area contributed by atoms with Crippen molar-refractivity contribution in [3.8, 4) is 0 Å². The lowest BCUT2D eigenvalue weighted by Crippen LogP contribution is -2.29. The first-order valence-electron chi connectivity index (χ1n) is 6.04. The normalized spacial score (nSPS) is 17.7. The molecule has 0 spiro atoms. The summed E-state index contributed by atoms with van der Waals surface area (Å²) in [5.74, 6) is 0. The predicted molar refractivity (Wildman–Crippen MR) is 69.5 cm³/mol. The molecule has 0 saturated heterocycles. The van der Waals surface area contributed by atoms with Crippen LogP contribution in [-0.4, -0.2) is 27.0 Å². The Morgan fingerprint density at radius 2 is 2.11 bits per heavy atom. The molecule has 0 unspecified atom stereocenters. The van der Waals surface area contributed by atoms with Crippen molar-refractivity contribution in [2.24, 2.45) is 5.41 Å².